The Bertz CT molecular complexity index is 700. The molecule has 1 aromatic heterocycles. The Morgan fingerprint density at radius 1 is 1.32 bits per heavy atom. The molecular formula is C19H32N6O3. The van der Waals surface area contributed by atoms with Gasteiger partial charge in [-0.25, -0.2) is 4.79 Å². The van der Waals surface area contributed by atoms with E-state index in [1.807, 2.05) is 30.5 Å². The van der Waals surface area contributed by atoms with Crippen molar-refractivity contribution in [3.05, 3.63) is 11.8 Å². The van der Waals surface area contributed by atoms with Gasteiger partial charge in [0, 0.05) is 44.3 Å². The Morgan fingerprint density at radius 3 is 2.64 bits per heavy atom. The van der Waals surface area contributed by atoms with E-state index in [9.17, 15) is 9.59 Å². The molecule has 2 amide bonds. The number of nitrogens with one attached hydrogen (secondary N) is 2. The fourth-order valence-electron chi connectivity index (χ4n) is 4.29. The minimum atomic E-state index is -0.804. The molecule has 0 bridgehead atoms. The minimum Gasteiger partial charge on any atom is -0.480 e. The molecule has 1 saturated carbocycles. The van der Waals surface area contributed by atoms with E-state index in [2.05, 4.69) is 26.7 Å². The molecule has 1 atom stereocenters. The van der Waals surface area contributed by atoms with Gasteiger partial charge in [-0.2, -0.15) is 5.10 Å². The molecule has 1 saturated heterocycles. The average Bonchev–Trinajstić information content (AvgIpc) is 2.94. The number of hydrogen-bond acceptors (Lipinski definition) is 5. The van der Waals surface area contributed by atoms with Gasteiger partial charge in [0.15, 0.2) is 0 Å². The zero-order valence-electron chi connectivity index (χ0n) is 17.0. The maximum absolute atomic E-state index is 12.4. The zero-order valence-corrected chi connectivity index (χ0v) is 17.0. The highest BCUT2D eigenvalue weighted by Crippen LogP contribution is 2.25. The fourth-order valence-corrected chi connectivity index (χ4v) is 4.29. The molecule has 2 heterocycles. The number of piperidine rings is 1. The summed E-state index contributed by atoms with van der Waals surface area (Å²) in [6, 6.07) is 2.42. The molecule has 3 rings (SSSR count). The van der Waals surface area contributed by atoms with Crippen LogP contribution in [0.3, 0.4) is 0 Å². The summed E-state index contributed by atoms with van der Waals surface area (Å²) >= 11 is 0. The van der Waals surface area contributed by atoms with E-state index in [4.69, 9.17) is 5.11 Å². The fraction of sp³-hybridized carbons (Fsp3) is 0.737. The van der Waals surface area contributed by atoms with Crippen molar-refractivity contribution in [2.24, 2.45) is 7.05 Å². The normalized spacial score (nSPS) is 24.7. The van der Waals surface area contributed by atoms with Crippen LogP contribution in [0.5, 0.6) is 0 Å². The van der Waals surface area contributed by atoms with Crippen molar-refractivity contribution in [2.45, 2.75) is 57.7 Å². The van der Waals surface area contributed by atoms with Gasteiger partial charge in [0.2, 0.25) is 0 Å². The average molecular weight is 393 g/mol. The molecule has 1 unspecified atom stereocenters. The second kappa shape index (κ2) is 8.81. The number of aromatic nitrogens is 2. The third-order valence-electron chi connectivity index (χ3n) is 5.77. The van der Waals surface area contributed by atoms with Crippen molar-refractivity contribution in [3.8, 4) is 0 Å². The van der Waals surface area contributed by atoms with Crippen LogP contribution < -0.4 is 15.5 Å². The number of nitrogens with zero attached hydrogens (tertiary/aromatic N) is 4. The third-order valence-corrected chi connectivity index (χ3v) is 5.77. The van der Waals surface area contributed by atoms with Crippen molar-refractivity contribution in [3.63, 3.8) is 0 Å². The van der Waals surface area contributed by atoms with E-state index in [0.717, 1.165) is 50.3 Å². The maximum Gasteiger partial charge on any atom is 0.317 e. The largest absolute Gasteiger partial charge is 0.480 e. The van der Waals surface area contributed by atoms with Crippen molar-refractivity contribution >= 4 is 17.8 Å². The van der Waals surface area contributed by atoms with Crippen LogP contribution >= 0.6 is 0 Å². The molecule has 9 heteroatoms. The molecule has 156 valence electrons. The van der Waals surface area contributed by atoms with Gasteiger partial charge in [-0.15, -0.1) is 0 Å². The summed E-state index contributed by atoms with van der Waals surface area (Å²) < 4.78 is 1.89. The Balaban J connectivity index is 1.43. The molecule has 1 aromatic rings. The second-order valence-corrected chi connectivity index (χ2v) is 7.95. The molecule has 1 aliphatic carbocycles. The van der Waals surface area contributed by atoms with Crippen LogP contribution in [0.2, 0.25) is 0 Å². The summed E-state index contributed by atoms with van der Waals surface area (Å²) in [6.45, 7) is 6.47. The number of likely N-dealkylation sites (N-methyl/N-ethyl adjacent to an activating group) is 1. The van der Waals surface area contributed by atoms with Crippen molar-refractivity contribution in [1.29, 1.82) is 0 Å². The van der Waals surface area contributed by atoms with Gasteiger partial charge in [0.05, 0.1) is 12.2 Å². The van der Waals surface area contributed by atoms with Crippen molar-refractivity contribution in [1.82, 2.24) is 25.3 Å². The highest BCUT2D eigenvalue weighted by Gasteiger charge is 2.35. The van der Waals surface area contributed by atoms with Crippen molar-refractivity contribution in [2.75, 3.05) is 31.1 Å². The van der Waals surface area contributed by atoms with Gasteiger partial charge in [0.1, 0.15) is 5.82 Å². The topological polar surface area (TPSA) is 103 Å². The van der Waals surface area contributed by atoms with Gasteiger partial charge in [-0.3, -0.25) is 14.4 Å². The highest BCUT2D eigenvalue weighted by atomic mass is 16.4. The molecule has 9 nitrogen and oxygen atoms in total. The number of aliphatic carboxylic acids is 1. The van der Waals surface area contributed by atoms with E-state index in [0.29, 0.717) is 6.54 Å². The van der Waals surface area contributed by atoms with Gasteiger partial charge in [-0.1, -0.05) is 6.92 Å². The first-order valence-corrected chi connectivity index (χ1v) is 10.1. The first-order valence-electron chi connectivity index (χ1n) is 10.1. The number of carbonyl (C=O) groups excluding carboxylic acids is 1. The van der Waals surface area contributed by atoms with Gasteiger partial charge in [-0.05, 0) is 39.2 Å². The van der Waals surface area contributed by atoms with Gasteiger partial charge in [0.25, 0.3) is 0 Å². The monoisotopic (exact) mass is 392 g/mol. The molecular weight excluding hydrogens is 360 g/mol. The Kier molecular flexibility index (Phi) is 6.43. The number of carboxylic acid groups (broad SMARTS) is 1. The molecule has 0 radical (unpaired) electrons. The molecule has 2 aliphatic rings. The standard InChI is InChI=1S/C19H32N6O3/c1-4-24(12-18(26)27)16-9-15(10-16)21-19(28)20-14-6-5-7-25(11-14)17-8-13(2)22-23(17)3/h8,14-16H,4-7,9-12H2,1-3H3,(H,26,27)(H2,20,21,28). The van der Waals surface area contributed by atoms with E-state index in [-0.39, 0.29) is 30.7 Å². The van der Waals surface area contributed by atoms with E-state index in [1.54, 1.807) is 0 Å². The summed E-state index contributed by atoms with van der Waals surface area (Å²) in [7, 11) is 1.95. The number of carbonyl (C=O) groups is 2. The number of rotatable bonds is 7. The smallest absolute Gasteiger partial charge is 0.317 e. The predicted molar refractivity (Wildman–Crippen MR) is 107 cm³/mol. The lowest BCUT2D eigenvalue weighted by atomic mass is 9.85. The lowest BCUT2D eigenvalue weighted by molar-refractivity contribution is -0.139. The third kappa shape index (κ3) is 4.95. The van der Waals surface area contributed by atoms with Crippen LogP contribution in [-0.4, -0.2) is 76.1 Å². The van der Waals surface area contributed by atoms with Crippen LogP contribution in [0.15, 0.2) is 6.07 Å². The molecule has 1 aliphatic heterocycles. The summed E-state index contributed by atoms with van der Waals surface area (Å²) in [6.07, 6.45) is 3.61. The number of anilines is 1. The minimum absolute atomic E-state index is 0.0610. The molecule has 28 heavy (non-hydrogen) atoms. The van der Waals surface area contributed by atoms with E-state index < -0.39 is 5.97 Å². The Morgan fingerprint density at radius 2 is 2.04 bits per heavy atom. The summed E-state index contributed by atoms with van der Waals surface area (Å²) in [5, 5.41) is 19.5. The first kappa shape index (κ1) is 20.4. The lowest BCUT2D eigenvalue weighted by Gasteiger charge is -2.42. The van der Waals surface area contributed by atoms with Gasteiger partial charge < -0.3 is 20.6 Å². The number of urea groups is 1. The zero-order chi connectivity index (χ0) is 20.3. The van der Waals surface area contributed by atoms with Crippen LogP contribution in [0.1, 0.15) is 38.3 Å². The maximum atomic E-state index is 12.4. The number of carboxylic acids is 1. The quantitative estimate of drug-likeness (QED) is 0.638. The van der Waals surface area contributed by atoms with Crippen LogP contribution in [-0.2, 0) is 11.8 Å². The number of hydrogen-bond donors (Lipinski definition) is 3. The molecule has 0 spiro atoms. The molecule has 2 fully saturated rings. The van der Waals surface area contributed by atoms with Crippen LogP contribution in [0.25, 0.3) is 0 Å². The number of amides is 2. The molecule has 0 aromatic carbocycles. The molecule has 3 N–H and O–H groups in total. The summed E-state index contributed by atoms with van der Waals surface area (Å²) in [5.74, 6) is 0.283. The predicted octanol–water partition coefficient (Wildman–Crippen LogP) is 0.934. The first-order chi connectivity index (χ1) is 13.4. The van der Waals surface area contributed by atoms with Crippen molar-refractivity contribution < 1.29 is 14.7 Å². The van der Waals surface area contributed by atoms with Crippen LogP contribution in [0, 0.1) is 6.92 Å². The lowest BCUT2D eigenvalue weighted by Crippen LogP contribution is -2.58. The summed E-state index contributed by atoms with van der Waals surface area (Å²) in [5.41, 5.74) is 0.994. The van der Waals surface area contributed by atoms with E-state index in [1.165, 1.54) is 0 Å². The Hall–Kier alpha value is -2.29. The van der Waals surface area contributed by atoms with Gasteiger partial charge >= 0.3 is 12.0 Å². The SMILES string of the molecule is CCN(CC(=O)O)C1CC(NC(=O)NC2CCCN(c3cc(C)nn3C)C2)C1. The second-order valence-electron chi connectivity index (χ2n) is 7.95. The Labute approximate surface area is 166 Å². The van der Waals surface area contributed by atoms with E-state index >= 15 is 0 Å². The number of aryl methyl sites for hydroxylation is 2. The van der Waals surface area contributed by atoms with Crippen LogP contribution in [0.4, 0.5) is 10.6 Å². The highest BCUT2D eigenvalue weighted by molar-refractivity contribution is 5.75. The summed E-state index contributed by atoms with van der Waals surface area (Å²) in [4.78, 5) is 27.5.